The SMILES string of the molecule is O=C(CCCn1cncn1)N1CCC(N2CCc3ccccc3C2)CC1.O=CO. The normalized spacial score (nSPS) is 17.2. The number of likely N-dealkylation sites (tertiary alicyclic amines) is 1. The summed E-state index contributed by atoms with van der Waals surface area (Å²) in [6, 6.07) is 9.41. The van der Waals surface area contributed by atoms with Gasteiger partial charge in [0.1, 0.15) is 12.7 Å². The molecule has 1 N–H and O–H groups in total. The molecule has 8 heteroatoms. The molecule has 4 rings (SSSR count). The van der Waals surface area contributed by atoms with E-state index < -0.39 is 0 Å². The van der Waals surface area contributed by atoms with Gasteiger partial charge in [0.15, 0.2) is 0 Å². The summed E-state index contributed by atoms with van der Waals surface area (Å²) in [4.78, 5) is 29.4. The number of rotatable bonds is 5. The molecular formula is C21H29N5O3. The zero-order valence-corrected chi connectivity index (χ0v) is 16.7. The summed E-state index contributed by atoms with van der Waals surface area (Å²) in [5.74, 6) is 0.285. The first-order chi connectivity index (χ1) is 14.2. The van der Waals surface area contributed by atoms with Gasteiger partial charge >= 0.3 is 0 Å². The van der Waals surface area contributed by atoms with Crippen molar-refractivity contribution < 1.29 is 14.7 Å². The summed E-state index contributed by atoms with van der Waals surface area (Å²) in [5, 5.41) is 11.0. The van der Waals surface area contributed by atoms with E-state index in [4.69, 9.17) is 9.90 Å². The average Bonchev–Trinajstić information content (AvgIpc) is 3.27. The molecule has 1 aromatic carbocycles. The smallest absolute Gasteiger partial charge is 0.290 e. The molecule has 0 radical (unpaired) electrons. The topological polar surface area (TPSA) is 91.6 Å². The molecule has 2 aliphatic heterocycles. The van der Waals surface area contributed by atoms with Crippen LogP contribution in [0.3, 0.4) is 0 Å². The Morgan fingerprint density at radius 3 is 2.59 bits per heavy atom. The van der Waals surface area contributed by atoms with Crippen molar-refractivity contribution in [2.45, 2.75) is 51.2 Å². The third kappa shape index (κ3) is 5.87. The van der Waals surface area contributed by atoms with Crippen LogP contribution in [0.1, 0.15) is 36.8 Å². The van der Waals surface area contributed by atoms with Crippen molar-refractivity contribution in [2.24, 2.45) is 0 Å². The number of carbonyl (C=O) groups is 2. The Hall–Kier alpha value is -2.74. The molecule has 8 nitrogen and oxygen atoms in total. The molecule has 2 aromatic rings. The van der Waals surface area contributed by atoms with Crippen LogP contribution in [0.4, 0.5) is 0 Å². The van der Waals surface area contributed by atoms with Crippen molar-refractivity contribution in [1.29, 1.82) is 0 Å². The van der Waals surface area contributed by atoms with E-state index in [1.807, 2.05) is 0 Å². The molecule has 29 heavy (non-hydrogen) atoms. The minimum Gasteiger partial charge on any atom is -0.483 e. The second kappa shape index (κ2) is 10.7. The van der Waals surface area contributed by atoms with Crippen LogP contribution in [0.2, 0.25) is 0 Å². The van der Waals surface area contributed by atoms with Gasteiger partial charge in [0.2, 0.25) is 5.91 Å². The molecule has 1 amide bonds. The van der Waals surface area contributed by atoms with E-state index in [1.54, 1.807) is 11.0 Å². The van der Waals surface area contributed by atoms with Gasteiger partial charge in [0, 0.05) is 45.2 Å². The fourth-order valence-corrected chi connectivity index (χ4v) is 4.21. The minimum absolute atomic E-state index is 0.250. The monoisotopic (exact) mass is 399 g/mol. The Bertz CT molecular complexity index is 772. The van der Waals surface area contributed by atoms with Gasteiger partial charge in [-0.25, -0.2) is 4.98 Å². The third-order valence-corrected chi connectivity index (χ3v) is 5.74. The van der Waals surface area contributed by atoms with Crippen LogP contribution in [-0.4, -0.2) is 67.7 Å². The molecule has 0 unspecified atom stereocenters. The van der Waals surface area contributed by atoms with Gasteiger partial charge in [0.05, 0.1) is 0 Å². The molecule has 156 valence electrons. The summed E-state index contributed by atoms with van der Waals surface area (Å²) >= 11 is 0. The molecule has 1 aromatic heterocycles. The molecule has 0 bridgehead atoms. The number of carbonyl (C=O) groups excluding carboxylic acids is 1. The van der Waals surface area contributed by atoms with Crippen molar-refractivity contribution in [2.75, 3.05) is 19.6 Å². The first-order valence-electron chi connectivity index (χ1n) is 10.2. The van der Waals surface area contributed by atoms with Crippen LogP contribution >= 0.6 is 0 Å². The number of amides is 1. The summed E-state index contributed by atoms with van der Waals surface area (Å²) in [6.45, 7) is 4.51. The molecule has 1 fully saturated rings. The average molecular weight is 399 g/mol. The number of hydrogen-bond acceptors (Lipinski definition) is 5. The molecule has 2 aliphatic rings. The summed E-state index contributed by atoms with van der Waals surface area (Å²) in [7, 11) is 0. The van der Waals surface area contributed by atoms with Gasteiger partial charge in [-0.2, -0.15) is 5.10 Å². The van der Waals surface area contributed by atoms with E-state index in [9.17, 15) is 4.79 Å². The van der Waals surface area contributed by atoms with Crippen LogP contribution in [0.5, 0.6) is 0 Å². The summed E-state index contributed by atoms with van der Waals surface area (Å²) < 4.78 is 1.79. The molecule has 3 heterocycles. The lowest BCUT2D eigenvalue weighted by Gasteiger charge is -2.40. The van der Waals surface area contributed by atoms with Crippen molar-refractivity contribution >= 4 is 12.4 Å². The van der Waals surface area contributed by atoms with Gasteiger partial charge in [-0.1, -0.05) is 24.3 Å². The Labute approximate surface area is 171 Å². The van der Waals surface area contributed by atoms with Crippen LogP contribution in [-0.2, 0) is 29.1 Å². The summed E-state index contributed by atoms with van der Waals surface area (Å²) in [6.07, 6.45) is 8.00. The molecular weight excluding hydrogens is 370 g/mol. The lowest BCUT2D eigenvalue weighted by Crippen LogP contribution is -2.48. The number of hydrogen-bond donors (Lipinski definition) is 1. The molecule has 0 atom stereocenters. The van der Waals surface area contributed by atoms with Crippen LogP contribution < -0.4 is 0 Å². The Morgan fingerprint density at radius 2 is 1.90 bits per heavy atom. The highest BCUT2D eigenvalue weighted by Crippen LogP contribution is 2.25. The van der Waals surface area contributed by atoms with E-state index in [0.717, 1.165) is 58.4 Å². The highest BCUT2D eigenvalue weighted by Gasteiger charge is 2.28. The highest BCUT2D eigenvalue weighted by atomic mass is 16.3. The quantitative estimate of drug-likeness (QED) is 0.771. The van der Waals surface area contributed by atoms with Gasteiger partial charge < -0.3 is 10.0 Å². The van der Waals surface area contributed by atoms with Crippen molar-refractivity contribution in [1.82, 2.24) is 24.6 Å². The van der Waals surface area contributed by atoms with E-state index >= 15 is 0 Å². The third-order valence-electron chi connectivity index (χ3n) is 5.74. The zero-order chi connectivity index (χ0) is 20.5. The number of benzene rings is 1. The number of nitrogens with zero attached hydrogens (tertiary/aromatic N) is 5. The first kappa shape index (κ1) is 21.0. The van der Waals surface area contributed by atoms with Gasteiger partial charge in [0.25, 0.3) is 6.47 Å². The van der Waals surface area contributed by atoms with Crippen molar-refractivity contribution in [3.63, 3.8) is 0 Å². The number of piperidine rings is 1. The Kier molecular flexibility index (Phi) is 7.75. The predicted molar refractivity (Wildman–Crippen MR) is 108 cm³/mol. The fraction of sp³-hybridized carbons (Fsp3) is 0.524. The highest BCUT2D eigenvalue weighted by molar-refractivity contribution is 5.76. The maximum atomic E-state index is 12.4. The molecule has 0 saturated carbocycles. The second-order valence-corrected chi connectivity index (χ2v) is 7.47. The van der Waals surface area contributed by atoms with E-state index in [0.29, 0.717) is 12.5 Å². The minimum atomic E-state index is -0.250. The first-order valence-corrected chi connectivity index (χ1v) is 10.2. The van der Waals surface area contributed by atoms with Crippen LogP contribution in [0, 0.1) is 0 Å². The largest absolute Gasteiger partial charge is 0.483 e. The van der Waals surface area contributed by atoms with E-state index in [2.05, 4.69) is 44.1 Å². The maximum absolute atomic E-state index is 12.4. The van der Waals surface area contributed by atoms with Gasteiger partial charge in [-0.3, -0.25) is 19.2 Å². The maximum Gasteiger partial charge on any atom is 0.290 e. The van der Waals surface area contributed by atoms with Crippen molar-refractivity contribution in [3.05, 3.63) is 48.0 Å². The lowest BCUT2D eigenvalue weighted by molar-refractivity contribution is -0.133. The standard InChI is InChI=1S/C20H27N5O.CH2O2/c26-20(6-3-10-25-16-21-15-22-25)23-12-8-19(9-13-23)24-11-7-17-4-1-2-5-18(17)14-24;2-1-3/h1-2,4-5,15-16,19H,3,6-14H2;1H,(H,2,3). The zero-order valence-electron chi connectivity index (χ0n) is 16.7. The predicted octanol–water partition coefficient (Wildman–Crippen LogP) is 1.81. The molecule has 0 aliphatic carbocycles. The molecule has 0 spiro atoms. The number of fused-ring (bicyclic) bond motifs is 1. The molecule has 1 saturated heterocycles. The summed E-state index contributed by atoms with van der Waals surface area (Å²) in [5.41, 5.74) is 2.98. The fourth-order valence-electron chi connectivity index (χ4n) is 4.21. The second-order valence-electron chi connectivity index (χ2n) is 7.47. The van der Waals surface area contributed by atoms with Gasteiger partial charge in [-0.15, -0.1) is 0 Å². The van der Waals surface area contributed by atoms with Crippen LogP contribution in [0.25, 0.3) is 0 Å². The van der Waals surface area contributed by atoms with Crippen molar-refractivity contribution in [3.8, 4) is 0 Å². The Balaban J connectivity index is 0.000000755. The number of carboxylic acid groups (broad SMARTS) is 1. The van der Waals surface area contributed by atoms with Gasteiger partial charge in [-0.05, 0) is 36.8 Å². The number of aromatic nitrogens is 3. The van der Waals surface area contributed by atoms with E-state index in [1.165, 1.54) is 17.5 Å². The lowest BCUT2D eigenvalue weighted by atomic mass is 9.95. The number of aryl methyl sites for hydroxylation is 1. The Morgan fingerprint density at radius 1 is 1.17 bits per heavy atom. The van der Waals surface area contributed by atoms with E-state index in [-0.39, 0.29) is 12.4 Å². The van der Waals surface area contributed by atoms with Crippen LogP contribution in [0.15, 0.2) is 36.9 Å².